The highest BCUT2D eigenvalue weighted by Gasteiger charge is 2.21. The summed E-state index contributed by atoms with van der Waals surface area (Å²) >= 11 is 0. The lowest BCUT2D eigenvalue weighted by Crippen LogP contribution is -2.11. The van der Waals surface area contributed by atoms with E-state index in [-0.39, 0.29) is 0 Å². The number of anilines is 3. The molecule has 0 saturated heterocycles. The molecule has 2 nitrogen and oxygen atoms in total. The predicted octanol–water partition coefficient (Wildman–Crippen LogP) is 14.9. The van der Waals surface area contributed by atoms with E-state index >= 15 is 0 Å². The number of rotatable bonds is 8. The highest BCUT2D eigenvalue weighted by Crippen LogP contribution is 2.45. The lowest BCUT2D eigenvalue weighted by molar-refractivity contribution is 1.18. The number of hydrogen-bond acceptors (Lipinski definition) is 1. The molecular weight excluding hydrogens is 677 g/mol. The maximum absolute atomic E-state index is 2.47. The van der Waals surface area contributed by atoms with Gasteiger partial charge in [-0.15, -0.1) is 0 Å². The van der Waals surface area contributed by atoms with Crippen LogP contribution in [0.4, 0.5) is 17.1 Å². The molecule has 0 aliphatic heterocycles. The van der Waals surface area contributed by atoms with Gasteiger partial charge >= 0.3 is 0 Å². The Bertz CT molecular complexity index is 2920. The van der Waals surface area contributed by atoms with E-state index in [2.05, 4.69) is 240 Å². The molecule has 0 spiro atoms. The lowest BCUT2D eigenvalue weighted by Gasteiger charge is -2.28. The zero-order valence-corrected chi connectivity index (χ0v) is 30.8. The van der Waals surface area contributed by atoms with E-state index < -0.39 is 0 Å². The summed E-state index contributed by atoms with van der Waals surface area (Å²) in [6.45, 7) is 0. The van der Waals surface area contributed by atoms with Gasteiger partial charge in [-0.25, -0.2) is 0 Å². The molecule has 0 aliphatic rings. The SMILES string of the molecule is c1ccc(-c2ccccc2-c2ccccc2-n2c3ccccc3c3ccc(-c4ccccc4-c4ccccc4N(c4ccccc4)c4ccccc4)cc32)cc1. The number of nitrogens with zero attached hydrogens (tertiary/aromatic N) is 2. The fraction of sp³-hybridized carbons (Fsp3) is 0. The fourth-order valence-electron chi connectivity index (χ4n) is 8.33. The van der Waals surface area contributed by atoms with Gasteiger partial charge in [-0.05, 0) is 81.9 Å². The van der Waals surface area contributed by atoms with Gasteiger partial charge in [0, 0.05) is 33.3 Å². The van der Waals surface area contributed by atoms with Crippen molar-refractivity contribution >= 4 is 38.9 Å². The molecule has 1 aromatic heterocycles. The van der Waals surface area contributed by atoms with Crippen LogP contribution in [-0.2, 0) is 0 Å². The standard InChI is InChI=1S/C54H38N2/c1-4-20-39(21-5-1)43-26-10-12-28-45(43)48-31-15-18-34-52(48)56-53-35-19-16-32-49(53)50-37-36-40(38-54(50)56)44-27-11-13-29-46(44)47-30-14-17-33-51(47)55(41-22-6-2-7-23-41)42-24-8-3-9-25-42/h1-38H. The molecule has 0 amide bonds. The second-order valence-corrected chi connectivity index (χ2v) is 14.1. The van der Waals surface area contributed by atoms with Crippen molar-refractivity contribution in [3.05, 3.63) is 231 Å². The van der Waals surface area contributed by atoms with Gasteiger partial charge in [-0.3, -0.25) is 0 Å². The van der Waals surface area contributed by atoms with Crippen LogP contribution in [0.15, 0.2) is 231 Å². The fourth-order valence-corrected chi connectivity index (χ4v) is 8.33. The maximum Gasteiger partial charge on any atom is 0.0547 e. The summed E-state index contributed by atoms with van der Waals surface area (Å²) in [7, 11) is 0. The first-order valence-corrected chi connectivity index (χ1v) is 19.2. The molecule has 2 heteroatoms. The molecule has 0 aliphatic carbocycles. The van der Waals surface area contributed by atoms with E-state index in [9.17, 15) is 0 Å². The normalized spacial score (nSPS) is 11.2. The van der Waals surface area contributed by atoms with E-state index in [1.807, 2.05) is 0 Å². The van der Waals surface area contributed by atoms with Crippen LogP contribution in [0, 0.1) is 0 Å². The lowest BCUT2D eigenvalue weighted by atomic mass is 9.92. The van der Waals surface area contributed by atoms with Gasteiger partial charge in [-0.2, -0.15) is 0 Å². The van der Waals surface area contributed by atoms with E-state index in [4.69, 9.17) is 0 Å². The highest BCUT2D eigenvalue weighted by atomic mass is 15.1. The number of fused-ring (bicyclic) bond motifs is 3. The Labute approximate surface area is 327 Å². The van der Waals surface area contributed by atoms with E-state index in [1.165, 1.54) is 66.3 Å². The monoisotopic (exact) mass is 714 g/mol. The summed E-state index contributed by atoms with van der Waals surface area (Å²) < 4.78 is 2.47. The zero-order chi connectivity index (χ0) is 37.3. The van der Waals surface area contributed by atoms with Crippen LogP contribution in [0.5, 0.6) is 0 Å². The highest BCUT2D eigenvalue weighted by molar-refractivity contribution is 6.11. The minimum absolute atomic E-state index is 1.11. The molecular formula is C54H38N2. The quantitative estimate of drug-likeness (QED) is 0.152. The van der Waals surface area contributed by atoms with Crippen molar-refractivity contribution < 1.29 is 0 Å². The Morgan fingerprint density at radius 2 is 0.750 bits per heavy atom. The third kappa shape index (κ3) is 5.85. The Balaban J connectivity index is 1.18. The van der Waals surface area contributed by atoms with Crippen LogP contribution in [0.2, 0.25) is 0 Å². The van der Waals surface area contributed by atoms with Gasteiger partial charge in [-0.1, -0.05) is 182 Å². The average molecular weight is 715 g/mol. The summed E-state index contributed by atoms with van der Waals surface area (Å²) in [6.07, 6.45) is 0. The number of para-hydroxylation sites is 5. The molecule has 264 valence electrons. The summed E-state index contributed by atoms with van der Waals surface area (Å²) in [5, 5.41) is 2.47. The molecule has 0 unspecified atom stereocenters. The second kappa shape index (κ2) is 14.4. The molecule has 0 fully saturated rings. The van der Waals surface area contributed by atoms with E-state index in [1.54, 1.807) is 0 Å². The summed E-state index contributed by atoms with van der Waals surface area (Å²) in [4.78, 5) is 2.36. The summed E-state index contributed by atoms with van der Waals surface area (Å²) in [5.74, 6) is 0. The van der Waals surface area contributed by atoms with Crippen molar-refractivity contribution in [1.29, 1.82) is 0 Å². The molecule has 9 aromatic carbocycles. The van der Waals surface area contributed by atoms with Crippen LogP contribution < -0.4 is 4.90 Å². The zero-order valence-electron chi connectivity index (χ0n) is 30.8. The number of benzene rings is 9. The van der Waals surface area contributed by atoms with Crippen LogP contribution in [0.25, 0.3) is 72.0 Å². The Morgan fingerprint density at radius 1 is 0.286 bits per heavy atom. The largest absolute Gasteiger partial charge is 0.310 e. The van der Waals surface area contributed by atoms with Crippen LogP contribution in [0.1, 0.15) is 0 Å². The van der Waals surface area contributed by atoms with Crippen molar-refractivity contribution in [2.24, 2.45) is 0 Å². The molecule has 10 rings (SSSR count). The van der Waals surface area contributed by atoms with Crippen molar-refractivity contribution in [1.82, 2.24) is 4.57 Å². The Kier molecular flexibility index (Phi) is 8.55. The molecule has 0 radical (unpaired) electrons. The third-order valence-corrected chi connectivity index (χ3v) is 10.8. The minimum Gasteiger partial charge on any atom is -0.310 e. The summed E-state index contributed by atoms with van der Waals surface area (Å²) in [6, 6.07) is 83.0. The molecule has 0 bridgehead atoms. The predicted molar refractivity (Wildman–Crippen MR) is 237 cm³/mol. The average Bonchev–Trinajstić information content (AvgIpc) is 3.61. The van der Waals surface area contributed by atoms with Gasteiger partial charge in [0.05, 0.1) is 22.4 Å². The number of hydrogen-bond donors (Lipinski definition) is 0. The molecule has 1 heterocycles. The first-order chi connectivity index (χ1) is 27.8. The maximum atomic E-state index is 2.47. The van der Waals surface area contributed by atoms with E-state index in [0.717, 1.165) is 22.7 Å². The third-order valence-electron chi connectivity index (χ3n) is 10.8. The van der Waals surface area contributed by atoms with E-state index in [0.29, 0.717) is 0 Å². The van der Waals surface area contributed by atoms with Gasteiger partial charge in [0.25, 0.3) is 0 Å². The Hall–Kier alpha value is -7.42. The molecule has 56 heavy (non-hydrogen) atoms. The van der Waals surface area contributed by atoms with Gasteiger partial charge in [0.15, 0.2) is 0 Å². The van der Waals surface area contributed by atoms with Gasteiger partial charge < -0.3 is 9.47 Å². The van der Waals surface area contributed by atoms with Crippen LogP contribution in [-0.4, -0.2) is 4.57 Å². The van der Waals surface area contributed by atoms with Gasteiger partial charge in [0.2, 0.25) is 0 Å². The summed E-state index contributed by atoms with van der Waals surface area (Å²) in [5.41, 5.74) is 16.4. The topological polar surface area (TPSA) is 8.17 Å². The van der Waals surface area contributed by atoms with Crippen molar-refractivity contribution in [2.75, 3.05) is 4.90 Å². The molecule has 0 N–H and O–H groups in total. The van der Waals surface area contributed by atoms with Crippen LogP contribution in [0.3, 0.4) is 0 Å². The molecule has 10 aromatic rings. The second-order valence-electron chi connectivity index (χ2n) is 14.1. The van der Waals surface area contributed by atoms with Crippen molar-refractivity contribution in [2.45, 2.75) is 0 Å². The van der Waals surface area contributed by atoms with Crippen molar-refractivity contribution in [3.63, 3.8) is 0 Å². The molecule has 0 saturated carbocycles. The first-order valence-electron chi connectivity index (χ1n) is 19.2. The smallest absolute Gasteiger partial charge is 0.0547 e. The Morgan fingerprint density at radius 3 is 1.43 bits per heavy atom. The first kappa shape index (κ1) is 33.2. The molecule has 0 atom stereocenters. The van der Waals surface area contributed by atoms with Crippen LogP contribution >= 0.6 is 0 Å². The minimum atomic E-state index is 1.11. The van der Waals surface area contributed by atoms with Crippen molar-refractivity contribution in [3.8, 4) is 50.2 Å². The van der Waals surface area contributed by atoms with Gasteiger partial charge in [0.1, 0.15) is 0 Å². The number of aromatic nitrogens is 1.